The van der Waals surface area contributed by atoms with Gasteiger partial charge in [0.25, 0.3) is 0 Å². The monoisotopic (exact) mass is 353 g/mol. The summed E-state index contributed by atoms with van der Waals surface area (Å²) < 4.78 is 0. The second kappa shape index (κ2) is 9.60. The van der Waals surface area contributed by atoms with Crippen LogP contribution >= 0.6 is 0 Å². The maximum absolute atomic E-state index is 4.70. The predicted molar refractivity (Wildman–Crippen MR) is 111 cm³/mol. The van der Waals surface area contributed by atoms with E-state index in [0.717, 1.165) is 36.2 Å². The normalized spacial score (nSPS) is 17.9. The Morgan fingerprint density at radius 3 is 2.23 bits per heavy atom. The zero-order valence-electron chi connectivity index (χ0n) is 16.2. The van der Waals surface area contributed by atoms with Crippen molar-refractivity contribution in [1.82, 2.24) is 4.90 Å². The molecule has 3 heterocycles. The summed E-state index contributed by atoms with van der Waals surface area (Å²) in [6.07, 6.45) is 20.3. The zero-order chi connectivity index (χ0) is 18.2. The van der Waals surface area contributed by atoms with Crippen molar-refractivity contribution >= 4 is 23.5 Å². The molecule has 0 bridgehead atoms. The Kier molecular flexibility index (Phi) is 6.92. The molecule has 0 radical (unpaired) electrons. The van der Waals surface area contributed by atoms with E-state index in [1.165, 1.54) is 57.8 Å². The highest BCUT2D eigenvalue weighted by Crippen LogP contribution is 2.23. The van der Waals surface area contributed by atoms with Gasteiger partial charge in [-0.25, -0.2) is 14.9 Å². The van der Waals surface area contributed by atoms with Crippen LogP contribution in [0.5, 0.6) is 0 Å². The third-order valence-electron chi connectivity index (χ3n) is 4.91. The lowest BCUT2D eigenvalue weighted by atomic mass is 10.1. The highest BCUT2D eigenvalue weighted by atomic mass is 15.4. The summed E-state index contributed by atoms with van der Waals surface area (Å²) in [5, 5.41) is 0. The maximum Gasteiger partial charge on any atom is 0.240 e. The van der Waals surface area contributed by atoms with E-state index in [-0.39, 0.29) is 0 Å². The highest BCUT2D eigenvalue weighted by Gasteiger charge is 2.29. The van der Waals surface area contributed by atoms with E-state index < -0.39 is 0 Å². The average molecular weight is 354 g/mol. The van der Waals surface area contributed by atoms with Gasteiger partial charge in [0.15, 0.2) is 0 Å². The first-order valence-corrected chi connectivity index (χ1v) is 10.3. The SMILES string of the molecule is CCCCCCCCCCCCC1=NC2=CC=CC3=NC(C)=NC(=N1)N23. The Morgan fingerprint density at radius 1 is 0.808 bits per heavy atom. The molecule has 0 saturated heterocycles. The quantitative estimate of drug-likeness (QED) is 0.445. The molecule has 3 rings (SSSR count). The van der Waals surface area contributed by atoms with E-state index in [4.69, 9.17) is 4.99 Å². The Balaban J connectivity index is 1.39. The predicted octanol–water partition coefficient (Wildman–Crippen LogP) is 5.61. The van der Waals surface area contributed by atoms with Gasteiger partial charge in [-0.15, -0.1) is 0 Å². The number of aliphatic imine (C=N–C) groups is 4. The van der Waals surface area contributed by atoms with E-state index in [9.17, 15) is 0 Å². The van der Waals surface area contributed by atoms with Crippen molar-refractivity contribution < 1.29 is 0 Å². The number of allylic oxidation sites excluding steroid dienone is 2. The van der Waals surface area contributed by atoms with Gasteiger partial charge in [0.2, 0.25) is 5.96 Å². The Bertz CT molecular complexity index is 679. The van der Waals surface area contributed by atoms with Gasteiger partial charge in [-0.2, -0.15) is 9.98 Å². The molecule has 3 aliphatic rings. The van der Waals surface area contributed by atoms with Crippen molar-refractivity contribution in [3.05, 3.63) is 24.0 Å². The van der Waals surface area contributed by atoms with Crippen molar-refractivity contribution in [2.24, 2.45) is 20.0 Å². The molecule has 0 N–H and O–H groups in total. The zero-order valence-corrected chi connectivity index (χ0v) is 16.2. The molecule has 0 aromatic rings. The lowest BCUT2D eigenvalue weighted by Crippen LogP contribution is -2.41. The fourth-order valence-electron chi connectivity index (χ4n) is 3.48. The third-order valence-corrected chi connectivity index (χ3v) is 4.91. The molecule has 0 aromatic heterocycles. The highest BCUT2D eigenvalue weighted by molar-refractivity contribution is 6.20. The van der Waals surface area contributed by atoms with Gasteiger partial charge in [0, 0.05) is 6.42 Å². The molecule has 3 aliphatic heterocycles. The second-order valence-corrected chi connectivity index (χ2v) is 7.22. The molecular weight excluding hydrogens is 322 g/mol. The van der Waals surface area contributed by atoms with Gasteiger partial charge in [-0.05, 0) is 25.5 Å². The van der Waals surface area contributed by atoms with Gasteiger partial charge in [-0.1, -0.05) is 70.8 Å². The molecule has 0 fully saturated rings. The largest absolute Gasteiger partial charge is 0.246 e. The van der Waals surface area contributed by atoms with E-state index in [1.54, 1.807) is 0 Å². The Morgan fingerprint density at radius 2 is 1.50 bits per heavy atom. The van der Waals surface area contributed by atoms with Crippen LogP contribution in [-0.2, 0) is 0 Å². The first-order chi connectivity index (χ1) is 12.8. The maximum atomic E-state index is 4.70. The van der Waals surface area contributed by atoms with Gasteiger partial charge in [-0.3, -0.25) is 0 Å². The van der Waals surface area contributed by atoms with Crippen LogP contribution in [-0.4, -0.2) is 28.4 Å². The van der Waals surface area contributed by atoms with Crippen LogP contribution in [0.1, 0.15) is 84.5 Å². The first kappa shape index (κ1) is 18.7. The lowest BCUT2D eigenvalue weighted by molar-refractivity contribution is 0.558. The molecular formula is C21H31N5. The van der Waals surface area contributed by atoms with Crippen LogP contribution in [0.3, 0.4) is 0 Å². The minimum atomic E-state index is 0.708. The third kappa shape index (κ3) is 4.99. The average Bonchev–Trinajstić information content (AvgIpc) is 2.63. The van der Waals surface area contributed by atoms with Crippen LogP contribution in [0, 0.1) is 0 Å². The molecule has 0 saturated carbocycles. The fraction of sp³-hybridized carbons (Fsp3) is 0.619. The summed E-state index contributed by atoms with van der Waals surface area (Å²) >= 11 is 0. The lowest BCUT2D eigenvalue weighted by Gasteiger charge is -2.30. The van der Waals surface area contributed by atoms with Gasteiger partial charge in [0.1, 0.15) is 23.3 Å². The van der Waals surface area contributed by atoms with Crippen LogP contribution in [0.25, 0.3) is 0 Å². The van der Waals surface area contributed by atoms with Crippen LogP contribution in [0.15, 0.2) is 44.0 Å². The smallest absolute Gasteiger partial charge is 0.240 e. The van der Waals surface area contributed by atoms with Gasteiger partial charge in [0.05, 0.1) is 0 Å². The number of guanidine groups is 1. The minimum Gasteiger partial charge on any atom is -0.246 e. The van der Waals surface area contributed by atoms with Crippen molar-refractivity contribution in [3.8, 4) is 0 Å². The van der Waals surface area contributed by atoms with Crippen molar-refractivity contribution in [1.29, 1.82) is 0 Å². The topological polar surface area (TPSA) is 52.7 Å². The van der Waals surface area contributed by atoms with Gasteiger partial charge >= 0.3 is 0 Å². The summed E-state index contributed by atoms with van der Waals surface area (Å²) in [5.41, 5.74) is 0. The fourth-order valence-corrected chi connectivity index (χ4v) is 3.48. The second-order valence-electron chi connectivity index (χ2n) is 7.22. The molecule has 26 heavy (non-hydrogen) atoms. The molecule has 5 heteroatoms. The molecule has 0 aliphatic carbocycles. The first-order valence-electron chi connectivity index (χ1n) is 10.3. The summed E-state index contributed by atoms with van der Waals surface area (Å²) in [7, 11) is 0. The van der Waals surface area contributed by atoms with E-state index in [0.29, 0.717) is 5.96 Å². The molecule has 5 nitrogen and oxygen atoms in total. The van der Waals surface area contributed by atoms with Crippen molar-refractivity contribution in [2.75, 3.05) is 0 Å². The van der Waals surface area contributed by atoms with E-state index in [2.05, 4.69) is 21.9 Å². The molecule has 140 valence electrons. The van der Waals surface area contributed by atoms with E-state index >= 15 is 0 Å². The summed E-state index contributed by atoms with van der Waals surface area (Å²) in [5.74, 6) is 4.10. The molecule has 0 atom stereocenters. The number of rotatable bonds is 11. The number of hydrogen-bond acceptors (Lipinski definition) is 5. The molecule has 0 amide bonds. The van der Waals surface area contributed by atoms with Crippen molar-refractivity contribution in [3.63, 3.8) is 0 Å². The van der Waals surface area contributed by atoms with E-state index in [1.807, 2.05) is 30.1 Å². The Labute approximate surface area is 157 Å². The van der Waals surface area contributed by atoms with Gasteiger partial charge < -0.3 is 0 Å². The van der Waals surface area contributed by atoms with Crippen LogP contribution in [0.2, 0.25) is 0 Å². The van der Waals surface area contributed by atoms with Crippen LogP contribution in [0.4, 0.5) is 0 Å². The summed E-state index contributed by atoms with van der Waals surface area (Å²) in [6, 6.07) is 0. The number of nitrogens with zero attached hydrogens (tertiary/aromatic N) is 5. The number of unbranched alkanes of at least 4 members (excludes halogenated alkanes) is 9. The van der Waals surface area contributed by atoms with Crippen LogP contribution < -0.4 is 0 Å². The molecule has 0 unspecified atom stereocenters. The van der Waals surface area contributed by atoms with Crippen molar-refractivity contribution in [2.45, 2.75) is 84.5 Å². The standard InChI is InChI=1S/C21H31N5/c1-3-4-5-6-7-8-9-10-11-12-14-18-24-20-16-13-15-19-22-17(2)23-21(25-18)26(19)20/h13,15-16H,3-12,14H2,1-2H3. The summed E-state index contributed by atoms with van der Waals surface area (Å²) in [4.78, 5) is 20.2. The number of hydrogen-bond donors (Lipinski definition) is 0. The molecule has 0 spiro atoms. The number of amidine groups is 3. The minimum absolute atomic E-state index is 0.708. The Hall–Kier alpha value is -2.04. The summed E-state index contributed by atoms with van der Waals surface area (Å²) in [6.45, 7) is 4.18. The molecule has 0 aromatic carbocycles.